The number of aromatic amines is 1. The van der Waals surface area contributed by atoms with Crippen LogP contribution in [-0.2, 0) is 16.0 Å². The number of aliphatic hydroxyl groups excluding tert-OH is 1. The van der Waals surface area contributed by atoms with Crippen molar-refractivity contribution in [1.29, 1.82) is 0 Å². The molecule has 1 heterocycles. The van der Waals surface area contributed by atoms with Crippen LogP contribution in [0.2, 0.25) is 0 Å². The molecule has 0 saturated heterocycles. The summed E-state index contributed by atoms with van der Waals surface area (Å²) in [6.07, 6.45) is 2.44. The van der Waals surface area contributed by atoms with E-state index in [0.717, 1.165) is 5.69 Å². The van der Waals surface area contributed by atoms with Gasteiger partial charge in [0.05, 0.1) is 18.9 Å². The maximum absolute atomic E-state index is 10.3. The number of carbonyl (C=O) groups is 2. The van der Waals surface area contributed by atoms with Crippen LogP contribution in [0.3, 0.4) is 0 Å². The molecule has 0 bridgehead atoms. The minimum atomic E-state index is -1.00. The van der Waals surface area contributed by atoms with Gasteiger partial charge in [0.1, 0.15) is 6.04 Å². The number of carboxylic acids is 2. The fourth-order valence-corrected chi connectivity index (χ4v) is 0.973. The van der Waals surface area contributed by atoms with Crippen molar-refractivity contribution in [3.05, 3.63) is 18.2 Å². The van der Waals surface area contributed by atoms with Crippen molar-refractivity contribution < 1.29 is 24.9 Å². The number of carboxylic acid groups (broad SMARTS) is 2. The molecule has 0 amide bonds. The van der Waals surface area contributed by atoms with E-state index in [0.29, 0.717) is 0 Å². The highest BCUT2D eigenvalue weighted by atomic mass is 16.4. The summed E-state index contributed by atoms with van der Waals surface area (Å²) in [6, 6.07) is -0.851. The lowest BCUT2D eigenvalue weighted by Gasteiger charge is -2.02. The van der Waals surface area contributed by atoms with Gasteiger partial charge >= 0.3 is 11.9 Å². The molecular weight excluding hydrogens is 242 g/mol. The Morgan fingerprint density at radius 2 is 2.11 bits per heavy atom. The number of nitrogens with zero attached hydrogens (tertiary/aromatic N) is 1. The second-order valence-electron chi connectivity index (χ2n) is 3.67. The van der Waals surface area contributed by atoms with Gasteiger partial charge < -0.3 is 26.0 Å². The molecule has 18 heavy (non-hydrogen) atoms. The Morgan fingerprint density at radius 3 is 2.39 bits per heavy atom. The fourth-order valence-electron chi connectivity index (χ4n) is 0.973. The Hall–Kier alpha value is -1.93. The number of H-pyrrole nitrogens is 1. The summed E-state index contributed by atoms with van der Waals surface area (Å²) in [5.41, 5.74) is 6.00. The van der Waals surface area contributed by atoms with E-state index in [1.807, 2.05) is 0 Å². The van der Waals surface area contributed by atoms with Crippen LogP contribution in [0.5, 0.6) is 0 Å². The van der Waals surface area contributed by atoms with Crippen molar-refractivity contribution in [2.75, 3.05) is 0 Å². The van der Waals surface area contributed by atoms with Crippen molar-refractivity contribution in [2.24, 2.45) is 5.73 Å². The molecule has 1 aromatic rings. The Labute approximate surface area is 103 Å². The molecule has 8 nitrogen and oxygen atoms in total. The zero-order valence-electron chi connectivity index (χ0n) is 9.91. The summed E-state index contributed by atoms with van der Waals surface area (Å²) in [6.45, 7) is 1.44. The standard InChI is InChI=1S/C6H9N3O2.C4H8O3/c7-5(6(10)11)1-4-2-8-3-9-4;1-3(5)2-4(6)7/h2-3,5H,1,7H2,(H,8,9)(H,10,11);3,5H,2H2,1H3,(H,6,7)/t5-;3-/m01/s1. The van der Waals surface area contributed by atoms with Crippen molar-refractivity contribution in [2.45, 2.75) is 31.9 Å². The predicted molar refractivity (Wildman–Crippen MR) is 61.8 cm³/mol. The molecule has 0 aliphatic carbocycles. The summed E-state index contributed by atoms with van der Waals surface area (Å²) >= 11 is 0. The number of hydrogen-bond acceptors (Lipinski definition) is 5. The number of hydrogen-bond donors (Lipinski definition) is 5. The SMILES string of the molecule is C[C@@H](O)CC(=O)O.N[C@@H](Cc1cnc[nH]1)C(=O)O. The zero-order valence-corrected chi connectivity index (χ0v) is 9.91. The predicted octanol–water partition coefficient (Wildman–Crippen LogP) is -0.794. The second-order valence-corrected chi connectivity index (χ2v) is 3.67. The van der Waals surface area contributed by atoms with Gasteiger partial charge in [0.15, 0.2) is 0 Å². The number of aliphatic hydroxyl groups is 1. The third-order valence-electron chi connectivity index (χ3n) is 1.78. The van der Waals surface area contributed by atoms with Crippen LogP contribution >= 0.6 is 0 Å². The first-order chi connectivity index (χ1) is 8.32. The monoisotopic (exact) mass is 259 g/mol. The van der Waals surface area contributed by atoms with E-state index >= 15 is 0 Å². The summed E-state index contributed by atoms with van der Waals surface area (Å²) in [5, 5.41) is 24.7. The van der Waals surface area contributed by atoms with Gasteiger partial charge in [-0.15, -0.1) is 0 Å². The minimum absolute atomic E-state index is 0.167. The molecule has 0 aromatic carbocycles. The fraction of sp³-hybridized carbons (Fsp3) is 0.500. The van der Waals surface area contributed by atoms with Crippen LogP contribution in [0.1, 0.15) is 19.0 Å². The molecule has 0 fully saturated rings. The lowest BCUT2D eigenvalue weighted by Crippen LogP contribution is -2.32. The minimum Gasteiger partial charge on any atom is -0.481 e. The molecule has 0 aliphatic rings. The van der Waals surface area contributed by atoms with Crippen LogP contribution in [-0.4, -0.2) is 49.4 Å². The Kier molecular flexibility index (Phi) is 7.32. The van der Waals surface area contributed by atoms with Gasteiger partial charge in [-0.3, -0.25) is 9.59 Å². The molecule has 0 unspecified atom stereocenters. The van der Waals surface area contributed by atoms with Gasteiger partial charge in [-0.25, -0.2) is 4.98 Å². The molecule has 0 spiro atoms. The van der Waals surface area contributed by atoms with Crippen molar-refractivity contribution in [3.63, 3.8) is 0 Å². The maximum atomic E-state index is 10.3. The highest BCUT2D eigenvalue weighted by molar-refractivity contribution is 5.73. The van der Waals surface area contributed by atoms with Crippen molar-refractivity contribution >= 4 is 11.9 Å². The first-order valence-electron chi connectivity index (χ1n) is 5.18. The van der Waals surface area contributed by atoms with Crippen LogP contribution < -0.4 is 5.73 Å². The van der Waals surface area contributed by atoms with Crippen LogP contribution in [0, 0.1) is 0 Å². The Morgan fingerprint density at radius 1 is 1.50 bits per heavy atom. The largest absolute Gasteiger partial charge is 0.481 e. The van der Waals surface area contributed by atoms with Gasteiger partial charge in [-0.2, -0.15) is 0 Å². The third-order valence-corrected chi connectivity index (χ3v) is 1.78. The number of aromatic nitrogens is 2. The van der Waals surface area contributed by atoms with Gasteiger partial charge in [0.25, 0.3) is 0 Å². The molecule has 0 radical (unpaired) electrons. The first-order valence-corrected chi connectivity index (χ1v) is 5.18. The topological polar surface area (TPSA) is 150 Å². The lowest BCUT2D eigenvalue weighted by atomic mass is 10.2. The first kappa shape index (κ1) is 16.1. The molecule has 0 aliphatic heterocycles. The second kappa shape index (κ2) is 8.20. The number of nitrogens with two attached hydrogens (primary N) is 1. The van der Waals surface area contributed by atoms with Gasteiger partial charge in [0.2, 0.25) is 0 Å². The molecule has 1 rings (SSSR count). The molecule has 6 N–H and O–H groups in total. The average molecular weight is 259 g/mol. The summed E-state index contributed by atoms with van der Waals surface area (Å²) in [4.78, 5) is 26.4. The quantitative estimate of drug-likeness (QED) is 0.464. The van der Waals surface area contributed by atoms with Crippen molar-refractivity contribution in [3.8, 4) is 0 Å². The smallest absolute Gasteiger partial charge is 0.320 e. The maximum Gasteiger partial charge on any atom is 0.320 e. The van der Waals surface area contributed by atoms with Gasteiger partial charge in [-0.05, 0) is 6.92 Å². The number of nitrogens with one attached hydrogen (secondary N) is 1. The van der Waals surface area contributed by atoms with Gasteiger partial charge in [-0.1, -0.05) is 0 Å². The summed E-state index contributed by atoms with van der Waals surface area (Å²) in [7, 11) is 0. The van der Waals surface area contributed by atoms with E-state index in [1.165, 1.54) is 13.3 Å². The van der Waals surface area contributed by atoms with E-state index in [-0.39, 0.29) is 12.8 Å². The molecular formula is C10H17N3O5. The van der Waals surface area contributed by atoms with E-state index in [1.54, 1.807) is 6.20 Å². The van der Waals surface area contributed by atoms with E-state index in [9.17, 15) is 9.59 Å². The van der Waals surface area contributed by atoms with Crippen LogP contribution in [0.15, 0.2) is 12.5 Å². The molecule has 0 saturated carbocycles. The van der Waals surface area contributed by atoms with Gasteiger partial charge in [0, 0.05) is 18.3 Å². The number of aliphatic carboxylic acids is 2. The van der Waals surface area contributed by atoms with E-state index in [2.05, 4.69) is 9.97 Å². The van der Waals surface area contributed by atoms with Crippen molar-refractivity contribution in [1.82, 2.24) is 9.97 Å². The van der Waals surface area contributed by atoms with E-state index < -0.39 is 24.1 Å². The molecule has 8 heteroatoms. The molecule has 102 valence electrons. The third kappa shape index (κ3) is 8.25. The Balaban J connectivity index is 0.000000360. The number of imidazole rings is 1. The lowest BCUT2D eigenvalue weighted by molar-refractivity contribution is -0.139. The van der Waals surface area contributed by atoms with Crippen LogP contribution in [0.4, 0.5) is 0 Å². The highest BCUT2D eigenvalue weighted by Gasteiger charge is 2.12. The molecule has 2 atom stereocenters. The highest BCUT2D eigenvalue weighted by Crippen LogP contribution is 1.95. The van der Waals surface area contributed by atoms with Crippen LogP contribution in [0.25, 0.3) is 0 Å². The molecule has 1 aromatic heterocycles. The zero-order chi connectivity index (χ0) is 14.1. The summed E-state index contributed by atoms with van der Waals surface area (Å²) < 4.78 is 0. The number of rotatable bonds is 5. The van der Waals surface area contributed by atoms with E-state index in [4.69, 9.17) is 21.1 Å². The summed E-state index contributed by atoms with van der Waals surface area (Å²) in [5.74, 6) is -1.96. The Bertz CT molecular complexity index is 364. The average Bonchev–Trinajstić information content (AvgIpc) is 2.68. The normalized spacial score (nSPS) is 13.1.